The van der Waals surface area contributed by atoms with Crippen LogP contribution in [0.25, 0.3) is 0 Å². The molecular formula is C18H24N4O3. The number of benzene rings is 1. The van der Waals surface area contributed by atoms with Gasteiger partial charge in [0.2, 0.25) is 11.9 Å². The summed E-state index contributed by atoms with van der Waals surface area (Å²) in [6.07, 6.45) is 4.99. The lowest BCUT2D eigenvalue weighted by Gasteiger charge is -2.27. The summed E-state index contributed by atoms with van der Waals surface area (Å²) < 4.78 is 0. The average molecular weight is 344 g/mol. The lowest BCUT2D eigenvalue weighted by Crippen LogP contribution is -2.26. The molecule has 1 N–H and O–H groups in total. The van der Waals surface area contributed by atoms with E-state index in [-0.39, 0.29) is 10.8 Å². The van der Waals surface area contributed by atoms with Crippen LogP contribution in [-0.4, -0.2) is 43.1 Å². The minimum absolute atomic E-state index is 0.214. The zero-order chi connectivity index (χ0) is 17.4. The second-order valence-corrected chi connectivity index (χ2v) is 7.24. The molecule has 1 aromatic rings. The number of nitrogens with zero attached hydrogens (tertiary/aromatic N) is 3. The molecular weight excluding hydrogens is 320 g/mol. The molecule has 2 atom stereocenters. The van der Waals surface area contributed by atoms with Gasteiger partial charge < -0.3 is 15.1 Å². The van der Waals surface area contributed by atoms with Crippen molar-refractivity contribution in [1.29, 1.82) is 0 Å². The molecule has 0 spiro atoms. The van der Waals surface area contributed by atoms with Crippen molar-refractivity contribution in [3.63, 3.8) is 0 Å². The van der Waals surface area contributed by atoms with Crippen molar-refractivity contribution in [2.75, 3.05) is 41.3 Å². The van der Waals surface area contributed by atoms with E-state index in [4.69, 9.17) is 0 Å². The normalized spacial score (nSPS) is 25.3. The van der Waals surface area contributed by atoms with Crippen LogP contribution in [0.4, 0.5) is 17.1 Å². The summed E-state index contributed by atoms with van der Waals surface area (Å²) in [4.78, 5) is 27.8. The van der Waals surface area contributed by atoms with Gasteiger partial charge >= 0.3 is 0 Å². The van der Waals surface area contributed by atoms with Crippen LogP contribution in [0, 0.1) is 16.0 Å². The first-order chi connectivity index (χ1) is 12.1. The molecule has 25 heavy (non-hydrogen) atoms. The topological polar surface area (TPSA) is 78.7 Å². The second-order valence-electron chi connectivity index (χ2n) is 7.24. The summed E-state index contributed by atoms with van der Waals surface area (Å²) in [5.41, 5.74) is 2.94. The van der Waals surface area contributed by atoms with Crippen molar-refractivity contribution < 1.29 is 9.72 Å². The zero-order valence-electron chi connectivity index (χ0n) is 14.3. The minimum Gasteiger partial charge on any atom is -0.370 e. The Morgan fingerprint density at radius 1 is 1.04 bits per heavy atom. The minimum atomic E-state index is -0.714. The van der Waals surface area contributed by atoms with Gasteiger partial charge in [-0.05, 0) is 37.8 Å². The summed E-state index contributed by atoms with van der Waals surface area (Å²) in [6, 6.07) is 5.44. The molecule has 134 valence electrons. The number of hydrogen-bond donors (Lipinski definition) is 1. The zero-order valence-corrected chi connectivity index (χ0v) is 14.3. The molecule has 0 aromatic heterocycles. The molecule has 7 nitrogen and oxygen atoms in total. The Balaban J connectivity index is 1.62. The first-order valence-electron chi connectivity index (χ1n) is 9.22. The lowest BCUT2D eigenvalue weighted by molar-refractivity contribution is -0.497. The number of anilines is 3. The maximum absolute atomic E-state index is 12.6. The van der Waals surface area contributed by atoms with Crippen LogP contribution < -0.4 is 15.1 Å². The smallest absolute Gasteiger partial charge is 0.234 e. The summed E-state index contributed by atoms with van der Waals surface area (Å²) in [5, 5.41) is 13.9. The number of carbonyl (C=O) groups excluding carboxylic acids is 1. The summed E-state index contributed by atoms with van der Waals surface area (Å²) >= 11 is 0. The quantitative estimate of drug-likeness (QED) is 0.656. The number of hydrogen-bond acceptors (Lipinski definition) is 5. The highest BCUT2D eigenvalue weighted by Crippen LogP contribution is 2.41. The van der Waals surface area contributed by atoms with E-state index in [9.17, 15) is 14.9 Å². The Morgan fingerprint density at radius 3 is 2.00 bits per heavy atom. The first-order valence-corrected chi connectivity index (χ1v) is 9.22. The molecule has 7 heteroatoms. The van der Waals surface area contributed by atoms with E-state index in [1.165, 1.54) is 0 Å². The number of carbonyl (C=O) groups is 1. The van der Waals surface area contributed by atoms with Crippen molar-refractivity contribution >= 4 is 23.0 Å². The van der Waals surface area contributed by atoms with Gasteiger partial charge in [0.25, 0.3) is 0 Å². The van der Waals surface area contributed by atoms with Gasteiger partial charge in [-0.3, -0.25) is 14.9 Å². The molecule has 2 heterocycles. The highest BCUT2D eigenvalue weighted by atomic mass is 16.6. The van der Waals surface area contributed by atoms with Crippen LogP contribution >= 0.6 is 0 Å². The fourth-order valence-electron chi connectivity index (χ4n) is 4.01. The molecule has 3 aliphatic rings. The standard InChI is InChI=1S/C18H24N4O3/c23-18(13-12-16(13)22(24)25)19-17-14(20-8-1-2-9-20)6-5-7-15(17)21-10-3-4-11-21/h5-7,13,16H,1-4,8-12H2,(H,19,23)/t13-,16-/m0/s1. The molecule has 1 aromatic carbocycles. The van der Waals surface area contributed by atoms with Crippen LogP contribution in [-0.2, 0) is 4.79 Å². The fraction of sp³-hybridized carbons (Fsp3) is 0.611. The third-order valence-electron chi connectivity index (χ3n) is 5.53. The Bertz CT molecular complexity index is 647. The van der Waals surface area contributed by atoms with Gasteiger partial charge in [0.15, 0.2) is 0 Å². The fourth-order valence-corrected chi connectivity index (χ4v) is 4.01. The average Bonchev–Trinajstić information content (AvgIpc) is 3.00. The Morgan fingerprint density at radius 2 is 1.56 bits per heavy atom. The molecule has 3 fully saturated rings. The maximum atomic E-state index is 12.6. The Kier molecular flexibility index (Phi) is 4.23. The van der Waals surface area contributed by atoms with Crippen LogP contribution in [0.15, 0.2) is 18.2 Å². The summed E-state index contributed by atoms with van der Waals surface area (Å²) in [5.74, 6) is -0.707. The van der Waals surface area contributed by atoms with Gasteiger partial charge in [0.1, 0.15) is 5.92 Å². The second kappa shape index (κ2) is 6.54. The number of para-hydroxylation sites is 1. The molecule has 0 unspecified atom stereocenters. The summed E-state index contributed by atoms with van der Waals surface area (Å²) in [7, 11) is 0. The van der Waals surface area contributed by atoms with E-state index < -0.39 is 12.0 Å². The largest absolute Gasteiger partial charge is 0.370 e. The predicted molar refractivity (Wildman–Crippen MR) is 96.9 cm³/mol. The number of nitrogens with one attached hydrogen (secondary N) is 1. The van der Waals surface area contributed by atoms with Crippen molar-refractivity contribution in [3.05, 3.63) is 28.3 Å². The highest BCUT2D eigenvalue weighted by Gasteiger charge is 2.53. The van der Waals surface area contributed by atoms with E-state index in [0.29, 0.717) is 6.42 Å². The van der Waals surface area contributed by atoms with Crippen molar-refractivity contribution in [1.82, 2.24) is 0 Å². The first kappa shape index (κ1) is 16.2. The van der Waals surface area contributed by atoms with Gasteiger partial charge in [-0.25, -0.2) is 0 Å². The van der Waals surface area contributed by atoms with Gasteiger partial charge in [-0.2, -0.15) is 0 Å². The van der Waals surface area contributed by atoms with E-state index in [0.717, 1.165) is 68.9 Å². The van der Waals surface area contributed by atoms with Crippen molar-refractivity contribution in [2.45, 2.75) is 38.1 Å². The van der Waals surface area contributed by atoms with Crippen LogP contribution in [0.5, 0.6) is 0 Å². The SMILES string of the molecule is O=C(Nc1c(N2CCCC2)cccc1N1CCCC1)[C@H]1C[C@@H]1[N+](=O)[O-]. The van der Waals surface area contributed by atoms with E-state index >= 15 is 0 Å². The molecule has 1 amide bonds. The molecule has 1 aliphatic carbocycles. The summed E-state index contributed by atoms with van der Waals surface area (Å²) in [6.45, 7) is 3.97. The lowest BCUT2D eigenvalue weighted by atomic mass is 10.1. The molecule has 4 rings (SSSR count). The third-order valence-corrected chi connectivity index (χ3v) is 5.53. The Hall–Kier alpha value is -2.31. The van der Waals surface area contributed by atoms with Crippen LogP contribution in [0.2, 0.25) is 0 Å². The number of rotatable bonds is 5. The van der Waals surface area contributed by atoms with E-state index in [1.807, 2.05) is 6.07 Å². The molecule has 2 aliphatic heterocycles. The predicted octanol–water partition coefficient (Wildman–Crippen LogP) is 2.49. The third kappa shape index (κ3) is 3.15. The van der Waals surface area contributed by atoms with E-state index in [2.05, 4.69) is 27.2 Å². The number of amides is 1. The molecule has 0 radical (unpaired) electrons. The van der Waals surface area contributed by atoms with Crippen molar-refractivity contribution in [3.8, 4) is 0 Å². The molecule has 2 saturated heterocycles. The highest BCUT2D eigenvalue weighted by molar-refractivity contribution is 6.01. The van der Waals surface area contributed by atoms with Gasteiger partial charge in [-0.15, -0.1) is 0 Å². The van der Waals surface area contributed by atoms with Crippen LogP contribution in [0.3, 0.4) is 0 Å². The monoisotopic (exact) mass is 344 g/mol. The number of nitro groups is 1. The van der Waals surface area contributed by atoms with Crippen LogP contribution in [0.1, 0.15) is 32.1 Å². The molecule has 0 bridgehead atoms. The van der Waals surface area contributed by atoms with Gasteiger partial charge in [0, 0.05) is 37.5 Å². The van der Waals surface area contributed by atoms with Gasteiger partial charge in [0.05, 0.1) is 17.1 Å². The Labute approximate surface area is 147 Å². The van der Waals surface area contributed by atoms with Gasteiger partial charge in [-0.1, -0.05) is 6.07 Å². The molecule has 1 saturated carbocycles. The van der Waals surface area contributed by atoms with Crippen molar-refractivity contribution in [2.24, 2.45) is 5.92 Å². The van der Waals surface area contributed by atoms with E-state index in [1.54, 1.807) is 0 Å². The maximum Gasteiger partial charge on any atom is 0.234 e.